The smallest absolute Gasteiger partial charge is 0.419 e. The molecule has 5 nitrogen and oxygen atoms in total. The van der Waals surface area contributed by atoms with Crippen LogP contribution in [0.2, 0.25) is 0 Å². The van der Waals surface area contributed by atoms with E-state index in [-0.39, 0.29) is 16.5 Å². The fourth-order valence-corrected chi connectivity index (χ4v) is 3.68. The number of halogens is 6. The van der Waals surface area contributed by atoms with E-state index in [4.69, 9.17) is 4.74 Å². The van der Waals surface area contributed by atoms with Crippen LogP contribution in [0.4, 0.5) is 31.1 Å². The second-order valence-corrected chi connectivity index (χ2v) is 11.5. The summed E-state index contributed by atoms with van der Waals surface area (Å²) in [7, 11) is -2.10. The van der Waals surface area contributed by atoms with E-state index in [0.717, 1.165) is 22.9 Å². The Labute approximate surface area is 190 Å². The first-order valence-corrected chi connectivity index (χ1v) is 11.0. The van der Waals surface area contributed by atoms with Crippen LogP contribution in [0.25, 0.3) is 10.9 Å². The SMILES string of the molecule is CC(C)(C)OC(=O)n1cc(C[C@@H](NS(=O)C(C)(C)C)C(F)(F)F)c2cc(C(F)(F)F)ccc21. The van der Waals surface area contributed by atoms with Crippen molar-refractivity contribution < 1.29 is 40.1 Å². The summed E-state index contributed by atoms with van der Waals surface area (Å²) in [4.78, 5) is 12.6. The summed E-state index contributed by atoms with van der Waals surface area (Å²) in [6.07, 6.45) is -10.4. The Kier molecular flexibility index (Phi) is 7.36. The van der Waals surface area contributed by atoms with E-state index in [1.165, 1.54) is 20.8 Å². The minimum absolute atomic E-state index is 0.0369. The van der Waals surface area contributed by atoms with E-state index in [2.05, 4.69) is 0 Å². The van der Waals surface area contributed by atoms with Crippen LogP contribution in [-0.2, 0) is 28.3 Å². The molecule has 0 saturated carbocycles. The van der Waals surface area contributed by atoms with Gasteiger partial charge in [0, 0.05) is 11.6 Å². The van der Waals surface area contributed by atoms with E-state index in [0.29, 0.717) is 6.07 Å². The van der Waals surface area contributed by atoms with Crippen molar-refractivity contribution in [1.82, 2.24) is 9.29 Å². The maximum atomic E-state index is 13.7. The van der Waals surface area contributed by atoms with Crippen LogP contribution >= 0.6 is 0 Å². The van der Waals surface area contributed by atoms with Gasteiger partial charge >= 0.3 is 18.4 Å². The molecule has 1 unspecified atom stereocenters. The third-order valence-corrected chi connectivity index (χ3v) is 6.04. The molecule has 1 N–H and O–H groups in total. The zero-order chi connectivity index (χ0) is 25.6. The third-order valence-electron chi connectivity index (χ3n) is 4.43. The summed E-state index contributed by atoms with van der Waals surface area (Å²) < 4.78 is 100. The molecule has 1 aromatic heterocycles. The highest BCUT2D eigenvalue weighted by Crippen LogP contribution is 2.35. The Balaban J connectivity index is 2.62. The summed E-state index contributed by atoms with van der Waals surface area (Å²) >= 11 is 0. The molecule has 0 saturated heterocycles. The topological polar surface area (TPSA) is 60.3 Å². The number of fused-ring (bicyclic) bond motifs is 1. The van der Waals surface area contributed by atoms with Crippen LogP contribution in [0.5, 0.6) is 0 Å². The number of nitrogens with one attached hydrogen (secondary N) is 1. The zero-order valence-corrected chi connectivity index (χ0v) is 19.8. The molecule has 186 valence electrons. The molecule has 0 bridgehead atoms. The lowest BCUT2D eigenvalue weighted by molar-refractivity contribution is -0.150. The standard InChI is InChI=1S/C21H26F6N2O3S/c1-18(2,3)32-17(30)29-11-12(14-10-13(20(22,23)24)7-8-15(14)29)9-16(21(25,26)27)28-33(31)19(4,5)6/h7-8,10-11,16,28H,9H2,1-6H3/t16-,33?/m1/s1. The normalized spacial score (nSPS) is 15.5. The predicted molar refractivity (Wildman–Crippen MR) is 113 cm³/mol. The van der Waals surface area contributed by atoms with E-state index >= 15 is 0 Å². The number of benzene rings is 1. The van der Waals surface area contributed by atoms with Gasteiger partial charge in [-0.15, -0.1) is 0 Å². The van der Waals surface area contributed by atoms with Crippen molar-refractivity contribution in [2.75, 3.05) is 0 Å². The van der Waals surface area contributed by atoms with Crippen molar-refractivity contribution in [1.29, 1.82) is 0 Å². The maximum Gasteiger partial charge on any atom is 0.419 e. The fourth-order valence-electron chi connectivity index (χ4n) is 2.85. The molecular weight excluding hydrogens is 474 g/mol. The molecule has 33 heavy (non-hydrogen) atoms. The van der Waals surface area contributed by atoms with E-state index < -0.39 is 57.8 Å². The molecule has 0 aliphatic heterocycles. The molecule has 0 aliphatic carbocycles. The zero-order valence-electron chi connectivity index (χ0n) is 18.9. The first-order valence-electron chi connectivity index (χ1n) is 9.89. The first kappa shape index (κ1) is 27.2. The molecule has 0 spiro atoms. The Morgan fingerprint density at radius 3 is 2.09 bits per heavy atom. The highest BCUT2D eigenvalue weighted by atomic mass is 32.2. The number of rotatable bonds is 4. The second kappa shape index (κ2) is 8.94. The minimum atomic E-state index is -4.86. The highest BCUT2D eigenvalue weighted by molar-refractivity contribution is 7.84. The molecule has 12 heteroatoms. The first-order chi connectivity index (χ1) is 14.7. The Hall–Kier alpha value is -2.08. The van der Waals surface area contributed by atoms with Gasteiger partial charge in [0.05, 0.1) is 26.8 Å². The summed E-state index contributed by atoms with van der Waals surface area (Å²) in [6, 6.07) is 0.111. The lowest BCUT2D eigenvalue weighted by atomic mass is 10.0. The minimum Gasteiger partial charge on any atom is -0.443 e. The van der Waals surface area contributed by atoms with Gasteiger partial charge in [0.15, 0.2) is 0 Å². The molecule has 0 aliphatic rings. The number of hydrogen-bond acceptors (Lipinski definition) is 3. The van der Waals surface area contributed by atoms with Gasteiger partial charge < -0.3 is 4.74 Å². The number of nitrogens with zero attached hydrogens (tertiary/aromatic N) is 1. The fraction of sp³-hybridized carbons (Fsp3) is 0.571. The maximum absolute atomic E-state index is 13.7. The van der Waals surface area contributed by atoms with Crippen LogP contribution in [0, 0.1) is 0 Å². The molecule has 0 amide bonds. The second-order valence-electron chi connectivity index (χ2n) is 9.53. The van der Waals surface area contributed by atoms with Gasteiger partial charge in [0.2, 0.25) is 0 Å². The lowest BCUT2D eigenvalue weighted by Gasteiger charge is -2.25. The average molecular weight is 501 g/mol. The number of carbonyl (C=O) groups is 1. The van der Waals surface area contributed by atoms with Crippen LogP contribution in [-0.4, -0.2) is 37.4 Å². The van der Waals surface area contributed by atoms with Crippen LogP contribution in [0.1, 0.15) is 52.7 Å². The summed E-state index contributed by atoms with van der Waals surface area (Å²) in [5, 5.41) is -0.187. The van der Waals surface area contributed by atoms with Gasteiger partial charge in [-0.3, -0.25) is 4.57 Å². The number of ether oxygens (including phenoxy) is 1. The average Bonchev–Trinajstić information content (AvgIpc) is 2.95. The number of aromatic nitrogens is 1. The number of alkyl halides is 6. The molecule has 2 atom stereocenters. The van der Waals surface area contributed by atoms with Gasteiger partial charge in [-0.25, -0.2) is 13.7 Å². The van der Waals surface area contributed by atoms with Gasteiger partial charge in [0.25, 0.3) is 0 Å². The Morgan fingerprint density at radius 1 is 1.06 bits per heavy atom. The van der Waals surface area contributed by atoms with Crippen molar-refractivity contribution in [3.8, 4) is 0 Å². The van der Waals surface area contributed by atoms with Crippen molar-refractivity contribution in [2.24, 2.45) is 0 Å². The van der Waals surface area contributed by atoms with E-state index in [1.54, 1.807) is 20.8 Å². The number of carbonyl (C=O) groups excluding carboxylic acids is 1. The highest BCUT2D eigenvalue weighted by Gasteiger charge is 2.42. The Bertz CT molecular complexity index is 1050. The lowest BCUT2D eigenvalue weighted by Crippen LogP contribution is -2.48. The van der Waals surface area contributed by atoms with Gasteiger partial charge in [-0.05, 0) is 71.7 Å². The molecule has 1 heterocycles. The summed E-state index contributed by atoms with van der Waals surface area (Å²) in [5.74, 6) is 0. The van der Waals surface area contributed by atoms with Gasteiger partial charge in [-0.1, -0.05) is 0 Å². The quantitative estimate of drug-likeness (QED) is 0.527. The molecular formula is C21H26F6N2O3S. The van der Waals surface area contributed by atoms with Crippen LogP contribution in [0.15, 0.2) is 24.4 Å². The number of hydrogen-bond donors (Lipinski definition) is 1. The van der Waals surface area contributed by atoms with E-state index in [9.17, 15) is 35.3 Å². The summed E-state index contributed by atoms with van der Waals surface area (Å²) in [5.41, 5.74) is -2.24. The molecule has 0 fully saturated rings. The molecule has 0 radical (unpaired) electrons. The Morgan fingerprint density at radius 2 is 1.64 bits per heavy atom. The van der Waals surface area contributed by atoms with Crippen molar-refractivity contribution >= 4 is 28.0 Å². The molecule has 1 aromatic carbocycles. The van der Waals surface area contributed by atoms with E-state index in [1.807, 2.05) is 4.72 Å². The van der Waals surface area contributed by atoms with Crippen molar-refractivity contribution in [2.45, 2.75) is 76.7 Å². The van der Waals surface area contributed by atoms with Gasteiger partial charge in [0.1, 0.15) is 11.6 Å². The van der Waals surface area contributed by atoms with Crippen molar-refractivity contribution in [3.05, 3.63) is 35.5 Å². The molecule has 2 aromatic rings. The predicted octanol–water partition coefficient (Wildman–Crippen LogP) is 5.97. The summed E-state index contributed by atoms with van der Waals surface area (Å²) in [6.45, 7) is 9.16. The van der Waals surface area contributed by atoms with Gasteiger partial charge in [-0.2, -0.15) is 26.3 Å². The largest absolute Gasteiger partial charge is 0.443 e. The van der Waals surface area contributed by atoms with Crippen molar-refractivity contribution in [3.63, 3.8) is 0 Å². The third kappa shape index (κ3) is 6.95. The van der Waals surface area contributed by atoms with Crippen LogP contribution in [0.3, 0.4) is 0 Å². The molecule has 2 rings (SSSR count). The van der Waals surface area contributed by atoms with Crippen LogP contribution < -0.4 is 4.72 Å². The monoisotopic (exact) mass is 500 g/mol.